The van der Waals surface area contributed by atoms with Crippen LogP contribution in [0.25, 0.3) is 11.0 Å². The Morgan fingerprint density at radius 3 is 2.82 bits per heavy atom. The van der Waals surface area contributed by atoms with E-state index in [4.69, 9.17) is 11.0 Å². The van der Waals surface area contributed by atoms with Gasteiger partial charge in [0.05, 0.1) is 11.1 Å². The molecule has 2 N–H and O–H groups in total. The van der Waals surface area contributed by atoms with E-state index in [0.29, 0.717) is 17.6 Å². The van der Waals surface area contributed by atoms with E-state index in [9.17, 15) is 0 Å². The van der Waals surface area contributed by atoms with Crippen molar-refractivity contribution in [1.29, 1.82) is 5.26 Å². The molecule has 0 aliphatic heterocycles. The Kier molecular flexibility index (Phi) is 2.25. The maximum atomic E-state index is 9.06. The van der Waals surface area contributed by atoms with Crippen LogP contribution in [-0.4, -0.2) is 9.55 Å². The smallest absolute Gasteiger partial charge is 0.201 e. The minimum atomic E-state index is 0.453. The van der Waals surface area contributed by atoms with Crippen molar-refractivity contribution in [1.82, 2.24) is 9.55 Å². The Hall–Kier alpha value is -2.02. The summed E-state index contributed by atoms with van der Waals surface area (Å²) in [5, 5.41) is 9.06. The number of rotatable bonds is 1. The number of benzene rings is 1. The molecule has 1 aromatic carbocycles. The fourth-order valence-corrected chi connectivity index (χ4v) is 2.77. The number of hydrogen-bond acceptors (Lipinski definition) is 3. The molecular weight excluding hydrogens is 212 g/mol. The highest BCUT2D eigenvalue weighted by Gasteiger charge is 2.22. The SMILES string of the molecule is N#Cc1cccc2c1nc(N)n2C1CCCC1. The Bertz CT molecular complexity index is 600. The molecule has 0 unspecified atom stereocenters. The molecular formula is C13H14N4. The first-order chi connectivity index (χ1) is 8.31. The van der Waals surface area contributed by atoms with Gasteiger partial charge in [0.2, 0.25) is 5.95 Å². The summed E-state index contributed by atoms with van der Waals surface area (Å²) < 4.78 is 2.10. The molecule has 4 heteroatoms. The van der Waals surface area contributed by atoms with Crippen LogP contribution in [0.15, 0.2) is 18.2 Å². The highest BCUT2D eigenvalue weighted by molar-refractivity contribution is 5.84. The van der Waals surface area contributed by atoms with Gasteiger partial charge in [-0.1, -0.05) is 18.9 Å². The first kappa shape index (κ1) is 10.2. The number of nitrogen functional groups attached to an aromatic ring is 1. The van der Waals surface area contributed by atoms with E-state index < -0.39 is 0 Å². The van der Waals surface area contributed by atoms with Gasteiger partial charge >= 0.3 is 0 Å². The largest absolute Gasteiger partial charge is 0.369 e. The van der Waals surface area contributed by atoms with Gasteiger partial charge in [-0.3, -0.25) is 0 Å². The highest BCUT2D eigenvalue weighted by atomic mass is 15.2. The molecule has 0 bridgehead atoms. The van der Waals surface area contributed by atoms with Gasteiger partial charge in [-0.15, -0.1) is 0 Å². The molecule has 1 fully saturated rings. The third-order valence-corrected chi connectivity index (χ3v) is 3.56. The normalized spacial score (nSPS) is 16.4. The van der Waals surface area contributed by atoms with Crippen LogP contribution in [-0.2, 0) is 0 Å². The second-order valence-corrected chi connectivity index (χ2v) is 4.56. The number of anilines is 1. The first-order valence-corrected chi connectivity index (χ1v) is 5.98. The summed E-state index contributed by atoms with van der Waals surface area (Å²) in [6, 6.07) is 8.30. The van der Waals surface area contributed by atoms with Crippen LogP contribution in [0, 0.1) is 11.3 Å². The minimum Gasteiger partial charge on any atom is -0.369 e. The van der Waals surface area contributed by atoms with Crippen LogP contribution in [0.1, 0.15) is 37.3 Å². The van der Waals surface area contributed by atoms with Crippen LogP contribution in [0.3, 0.4) is 0 Å². The topological polar surface area (TPSA) is 67.6 Å². The van der Waals surface area contributed by atoms with Crippen molar-refractivity contribution in [2.45, 2.75) is 31.7 Å². The van der Waals surface area contributed by atoms with Gasteiger partial charge < -0.3 is 10.3 Å². The molecule has 0 spiro atoms. The predicted molar refractivity (Wildman–Crippen MR) is 66.4 cm³/mol. The van der Waals surface area contributed by atoms with Crippen molar-refractivity contribution in [3.63, 3.8) is 0 Å². The van der Waals surface area contributed by atoms with Gasteiger partial charge in [-0.2, -0.15) is 5.26 Å². The lowest BCUT2D eigenvalue weighted by molar-refractivity contribution is 0.539. The second-order valence-electron chi connectivity index (χ2n) is 4.56. The number of imidazole rings is 1. The number of para-hydroxylation sites is 1. The van der Waals surface area contributed by atoms with Crippen LogP contribution >= 0.6 is 0 Å². The predicted octanol–water partition coefficient (Wildman–Crippen LogP) is 2.61. The van der Waals surface area contributed by atoms with Crippen molar-refractivity contribution in [3.8, 4) is 6.07 Å². The summed E-state index contributed by atoms with van der Waals surface area (Å²) in [6.07, 6.45) is 4.82. The van der Waals surface area contributed by atoms with Crippen molar-refractivity contribution < 1.29 is 0 Å². The molecule has 1 saturated carbocycles. The third-order valence-electron chi connectivity index (χ3n) is 3.56. The molecule has 3 rings (SSSR count). The van der Waals surface area contributed by atoms with Gasteiger partial charge in [0.25, 0.3) is 0 Å². The molecule has 0 atom stereocenters. The number of hydrogen-bond donors (Lipinski definition) is 1. The van der Waals surface area contributed by atoms with Crippen molar-refractivity contribution in [3.05, 3.63) is 23.8 Å². The molecule has 0 amide bonds. The zero-order valence-electron chi connectivity index (χ0n) is 9.56. The summed E-state index contributed by atoms with van der Waals surface area (Å²) >= 11 is 0. The van der Waals surface area contributed by atoms with Crippen LogP contribution in [0.2, 0.25) is 0 Å². The van der Waals surface area contributed by atoms with Crippen LogP contribution in [0.5, 0.6) is 0 Å². The average molecular weight is 226 g/mol. The van der Waals surface area contributed by atoms with E-state index in [-0.39, 0.29) is 0 Å². The van der Waals surface area contributed by atoms with E-state index in [1.54, 1.807) is 6.07 Å². The van der Waals surface area contributed by atoms with E-state index >= 15 is 0 Å². The molecule has 86 valence electrons. The number of fused-ring (bicyclic) bond motifs is 1. The molecule has 1 heterocycles. The fourth-order valence-electron chi connectivity index (χ4n) is 2.77. The van der Waals surface area contributed by atoms with Crippen molar-refractivity contribution >= 4 is 17.0 Å². The standard InChI is InChI=1S/C13H14N4/c14-8-9-4-3-7-11-12(9)16-13(15)17(11)10-5-1-2-6-10/h3-4,7,10H,1-2,5-6H2,(H2,15,16). The number of nitrogens with zero attached hydrogens (tertiary/aromatic N) is 3. The highest BCUT2D eigenvalue weighted by Crippen LogP contribution is 2.34. The molecule has 4 nitrogen and oxygen atoms in total. The number of nitrogens with two attached hydrogens (primary N) is 1. The van der Waals surface area contributed by atoms with E-state index in [0.717, 1.165) is 23.9 Å². The first-order valence-electron chi connectivity index (χ1n) is 5.98. The molecule has 1 aromatic heterocycles. The van der Waals surface area contributed by atoms with E-state index in [1.807, 2.05) is 12.1 Å². The monoisotopic (exact) mass is 226 g/mol. The minimum absolute atomic E-state index is 0.453. The number of nitriles is 1. The summed E-state index contributed by atoms with van der Waals surface area (Å²) in [4.78, 5) is 4.35. The lowest BCUT2D eigenvalue weighted by Gasteiger charge is -2.13. The Morgan fingerprint density at radius 2 is 2.12 bits per heavy atom. The molecule has 1 aliphatic carbocycles. The Labute approximate surface area is 99.7 Å². The summed E-state index contributed by atoms with van der Waals surface area (Å²) in [5.41, 5.74) is 8.33. The Morgan fingerprint density at radius 1 is 1.35 bits per heavy atom. The van der Waals surface area contributed by atoms with E-state index in [2.05, 4.69) is 15.6 Å². The van der Waals surface area contributed by atoms with Crippen LogP contribution < -0.4 is 5.73 Å². The van der Waals surface area contributed by atoms with Gasteiger partial charge in [-0.05, 0) is 25.0 Å². The summed E-state index contributed by atoms with van der Waals surface area (Å²) in [5.74, 6) is 0.537. The van der Waals surface area contributed by atoms with Crippen LogP contribution in [0.4, 0.5) is 5.95 Å². The quantitative estimate of drug-likeness (QED) is 0.812. The lowest BCUT2D eigenvalue weighted by atomic mass is 10.2. The van der Waals surface area contributed by atoms with Crippen molar-refractivity contribution in [2.75, 3.05) is 5.73 Å². The zero-order valence-corrected chi connectivity index (χ0v) is 9.56. The molecule has 0 radical (unpaired) electrons. The molecule has 2 aromatic rings. The summed E-state index contributed by atoms with van der Waals surface area (Å²) in [6.45, 7) is 0. The zero-order chi connectivity index (χ0) is 11.8. The molecule has 1 aliphatic rings. The Balaban J connectivity index is 2.24. The van der Waals surface area contributed by atoms with Gasteiger partial charge in [0.15, 0.2) is 0 Å². The summed E-state index contributed by atoms with van der Waals surface area (Å²) in [7, 11) is 0. The molecule has 0 saturated heterocycles. The van der Waals surface area contributed by atoms with Gasteiger partial charge in [0.1, 0.15) is 11.6 Å². The third kappa shape index (κ3) is 1.47. The average Bonchev–Trinajstić information content (AvgIpc) is 2.93. The maximum absolute atomic E-state index is 9.06. The van der Waals surface area contributed by atoms with Gasteiger partial charge in [0, 0.05) is 6.04 Å². The van der Waals surface area contributed by atoms with Crippen molar-refractivity contribution in [2.24, 2.45) is 0 Å². The van der Waals surface area contributed by atoms with Gasteiger partial charge in [-0.25, -0.2) is 4.98 Å². The lowest BCUT2D eigenvalue weighted by Crippen LogP contribution is -2.08. The molecule has 17 heavy (non-hydrogen) atoms. The second kappa shape index (κ2) is 3.77. The fraction of sp³-hybridized carbons (Fsp3) is 0.385. The maximum Gasteiger partial charge on any atom is 0.201 e. The van der Waals surface area contributed by atoms with E-state index in [1.165, 1.54) is 12.8 Å². The number of aromatic nitrogens is 2.